The van der Waals surface area contributed by atoms with Gasteiger partial charge in [0.1, 0.15) is 24.7 Å². The Morgan fingerprint density at radius 2 is 1.40 bits per heavy atom. The monoisotopic (exact) mass is 471 g/mol. The topological polar surface area (TPSA) is 251 Å². The van der Waals surface area contributed by atoms with E-state index in [4.69, 9.17) is 21.1 Å². The van der Waals surface area contributed by atoms with Gasteiger partial charge in [0.2, 0.25) is 11.8 Å². The predicted octanol–water partition coefficient (Wildman–Crippen LogP) is -3.17. The Labute approximate surface area is 181 Å². The molecule has 172 valence electrons. The summed E-state index contributed by atoms with van der Waals surface area (Å²) in [7, 11) is 0. The number of aliphatic carboxylic acids is 3. The molecule has 0 saturated heterocycles. The fourth-order valence-electron chi connectivity index (χ4n) is 1.51. The van der Waals surface area contributed by atoms with Gasteiger partial charge in [-0.15, -0.1) is 0 Å². The molecule has 0 spiro atoms. The van der Waals surface area contributed by atoms with E-state index < -0.39 is 60.4 Å². The Hall–Kier alpha value is -2.72. The summed E-state index contributed by atoms with van der Waals surface area (Å²) < 4.78 is 0. The largest absolute Gasteiger partial charge is 0.480 e. The molecule has 3 atom stereocenters. The van der Waals surface area contributed by atoms with Crippen LogP contribution < -0.4 is 27.4 Å². The number of amides is 4. The van der Waals surface area contributed by atoms with Crippen LogP contribution in [0.25, 0.3) is 0 Å². The van der Waals surface area contributed by atoms with Gasteiger partial charge in [-0.05, 0) is 6.42 Å². The van der Waals surface area contributed by atoms with Crippen LogP contribution in [0.4, 0.5) is 4.79 Å². The minimum atomic E-state index is -1.22. The maximum absolute atomic E-state index is 11.5. The second kappa shape index (κ2) is 16.1. The number of hydrogen-bond acceptors (Lipinski definition) is 9. The first-order valence-corrected chi connectivity index (χ1v) is 9.39. The molecule has 0 aromatic rings. The number of rotatable bonds is 12. The number of nitrogens with two attached hydrogens (primary N) is 2. The number of thiol groups is 2. The molecule has 0 aromatic heterocycles. The quantitative estimate of drug-likeness (QED) is 0.128. The molecule has 0 saturated carbocycles. The molecule has 0 bridgehead atoms. The third kappa shape index (κ3) is 15.2. The maximum Gasteiger partial charge on any atom is 0.327 e. The lowest BCUT2D eigenvalue weighted by Crippen LogP contribution is -2.49. The zero-order valence-electron chi connectivity index (χ0n) is 15.6. The van der Waals surface area contributed by atoms with E-state index in [0.29, 0.717) is 0 Å². The number of carbonyl (C=O) groups is 6. The Morgan fingerprint density at radius 1 is 0.867 bits per heavy atom. The first-order chi connectivity index (χ1) is 13.8. The molecule has 0 radical (unpaired) electrons. The molecule has 0 aliphatic heterocycles. The summed E-state index contributed by atoms with van der Waals surface area (Å²) in [5.74, 6) is -4.82. The zero-order chi connectivity index (χ0) is 23.9. The average Bonchev–Trinajstić information content (AvgIpc) is 2.66. The van der Waals surface area contributed by atoms with Crippen molar-refractivity contribution < 1.29 is 44.1 Å². The van der Waals surface area contributed by atoms with Gasteiger partial charge in [0.15, 0.2) is 0 Å². The summed E-state index contributed by atoms with van der Waals surface area (Å²) in [5, 5.41) is 31.7. The fraction of sp³-hybridized carbons (Fsp3) is 0.571. The van der Waals surface area contributed by atoms with Crippen LogP contribution in [0.1, 0.15) is 12.8 Å². The van der Waals surface area contributed by atoms with Gasteiger partial charge in [-0.1, -0.05) is 0 Å². The summed E-state index contributed by atoms with van der Waals surface area (Å²) in [6, 6.07) is -4.01. The Bertz CT molecular complexity index is 635. The maximum atomic E-state index is 11.5. The minimum Gasteiger partial charge on any atom is -0.480 e. The molecule has 0 aliphatic rings. The van der Waals surface area contributed by atoms with E-state index in [1.165, 1.54) is 0 Å². The zero-order valence-corrected chi connectivity index (χ0v) is 17.4. The van der Waals surface area contributed by atoms with Crippen LogP contribution in [-0.2, 0) is 24.0 Å². The molecular weight excluding hydrogens is 446 g/mol. The van der Waals surface area contributed by atoms with E-state index in [-0.39, 0.29) is 24.3 Å². The first kappa shape index (κ1) is 29.5. The molecule has 0 aromatic carbocycles. The highest BCUT2D eigenvalue weighted by Crippen LogP contribution is 1.97. The number of carbonyl (C=O) groups excluding carboxylic acids is 3. The lowest BCUT2D eigenvalue weighted by atomic mass is 10.1. The van der Waals surface area contributed by atoms with Crippen LogP contribution in [0.2, 0.25) is 0 Å². The Morgan fingerprint density at radius 3 is 1.73 bits per heavy atom. The molecule has 0 heterocycles. The molecule has 16 heteroatoms. The number of carboxylic acids is 3. The van der Waals surface area contributed by atoms with Gasteiger partial charge in [0.05, 0.1) is 0 Å². The SMILES string of the molecule is NC(=O)NC(CS)C(=O)O.NC(CCC(=O)NC(CS)C(=O)NCC(=O)O)C(=O)O. The highest BCUT2D eigenvalue weighted by Gasteiger charge is 2.21. The van der Waals surface area contributed by atoms with Crippen LogP contribution >= 0.6 is 25.3 Å². The van der Waals surface area contributed by atoms with Crippen molar-refractivity contribution in [2.45, 2.75) is 31.0 Å². The molecular formula is C14H25N5O9S2. The van der Waals surface area contributed by atoms with E-state index in [2.05, 4.69) is 41.6 Å². The van der Waals surface area contributed by atoms with Gasteiger partial charge >= 0.3 is 23.9 Å². The highest BCUT2D eigenvalue weighted by molar-refractivity contribution is 7.80. The van der Waals surface area contributed by atoms with Crippen molar-refractivity contribution in [3.05, 3.63) is 0 Å². The van der Waals surface area contributed by atoms with Crippen LogP contribution in [0, 0.1) is 0 Å². The van der Waals surface area contributed by atoms with Gasteiger partial charge in [-0.2, -0.15) is 25.3 Å². The highest BCUT2D eigenvalue weighted by atomic mass is 32.1. The molecule has 0 aliphatic carbocycles. The Kier molecular flexibility index (Phi) is 15.8. The molecule has 0 fully saturated rings. The number of nitrogens with one attached hydrogen (secondary N) is 3. The van der Waals surface area contributed by atoms with Gasteiger partial charge in [0.25, 0.3) is 0 Å². The van der Waals surface area contributed by atoms with E-state index in [1.54, 1.807) is 0 Å². The molecule has 3 unspecified atom stereocenters. The first-order valence-electron chi connectivity index (χ1n) is 8.13. The third-order valence-electron chi connectivity index (χ3n) is 3.04. The standard InChI is InChI=1S/C10H17N3O6S.C4H8N2O3S/c11-5(10(18)19)1-2-7(14)13-6(4-20)9(17)12-3-8(15)16;5-4(9)6-2(1-10)3(7)8/h5-6,20H,1-4,11H2,(H,12,17)(H,13,14)(H,15,16)(H,18,19);2,10H,1H2,(H,7,8)(H3,5,6,9). The van der Waals surface area contributed by atoms with Crippen molar-refractivity contribution in [3.8, 4) is 0 Å². The van der Waals surface area contributed by atoms with Gasteiger partial charge in [0, 0.05) is 17.9 Å². The summed E-state index contributed by atoms with van der Waals surface area (Å²) in [6.07, 6.45) is -0.235. The van der Waals surface area contributed by atoms with E-state index in [9.17, 15) is 28.8 Å². The normalized spacial score (nSPS) is 12.8. The molecule has 4 amide bonds. The van der Waals surface area contributed by atoms with Gasteiger partial charge in [-0.25, -0.2) is 9.59 Å². The van der Waals surface area contributed by atoms with Crippen LogP contribution in [0.3, 0.4) is 0 Å². The fourth-order valence-corrected chi connectivity index (χ4v) is 2.02. The lowest BCUT2D eigenvalue weighted by molar-refractivity contribution is -0.139. The number of hydrogen-bond donors (Lipinski definition) is 10. The third-order valence-corrected chi connectivity index (χ3v) is 3.78. The van der Waals surface area contributed by atoms with Crippen LogP contribution in [0.5, 0.6) is 0 Å². The summed E-state index contributed by atoms with van der Waals surface area (Å²) in [6.45, 7) is -0.567. The van der Waals surface area contributed by atoms with Crippen molar-refractivity contribution in [1.29, 1.82) is 0 Å². The average molecular weight is 472 g/mol. The van der Waals surface area contributed by atoms with Crippen molar-refractivity contribution in [1.82, 2.24) is 16.0 Å². The van der Waals surface area contributed by atoms with Crippen LogP contribution in [-0.4, -0.2) is 87.2 Å². The molecule has 10 N–H and O–H groups in total. The number of carboxylic acid groups (broad SMARTS) is 3. The Balaban J connectivity index is 0. The van der Waals surface area contributed by atoms with Crippen molar-refractivity contribution in [2.24, 2.45) is 11.5 Å². The van der Waals surface area contributed by atoms with Crippen molar-refractivity contribution >= 4 is 61.0 Å². The number of primary amides is 1. The molecule has 14 nitrogen and oxygen atoms in total. The minimum absolute atomic E-state index is 0.0256. The molecule has 0 rings (SSSR count). The van der Waals surface area contributed by atoms with Crippen LogP contribution in [0.15, 0.2) is 0 Å². The number of urea groups is 1. The summed E-state index contributed by atoms with van der Waals surface area (Å²) in [4.78, 5) is 64.0. The predicted molar refractivity (Wildman–Crippen MR) is 109 cm³/mol. The second-order valence-corrected chi connectivity index (χ2v) is 6.21. The summed E-state index contributed by atoms with van der Waals surface area (Å²) >= 11 is 7.55. The summed E-state index contributed by atoms with van der Waals surface area (Å²) in [5.41, 5.74) is 9.89. The smallest absolute Gasteiger partial charge is 0.327 e. The lowest BCUT2D eigenvalue weighted by Gasteiger charge is -2.16. The van der Waals surface area contributed by atoms with Gasteiger partial charge < -0.3 is 42.7 Å². The van der Waals surface area contributed by atoms with Crippen molar-refractivity contribution in [3.63, 3.8) is 0 Å². The van der Waals surface area contributed by atoms with Crippen molar-refractivity contribution in [2.75, 3.05) is 18.1 Å². The second-order valence-electron chi connectivity index (χ2n) is 5.48. The van der Waals surface area contributed by atoms with Gasteiger partial charge in [-0.3, -0.25) is 19.2 Å². The molecule has 30 heavy (non-hydrogen) atoms. The van der Waals surface area contributed by atoms with E-state index in [0.717, 1.165) is 0 Å². The van der Waals surface area contributed by atoms with E-state index >= 15 is 0 Å². The van der Waals surface area contributed by atoms with E-state index in [1.807, 2.05) is 5.32 Å².